The molecule has 0 N–H and O–H groups in total. The molecule has 0 aromatic heterocycles. The first-order valence-electron chi connectivity index (χ1n) is 9.54. The molecule has 0 radical (unpaired) electrons. The van der Waals surface area contributed by atoms with Gasteiger partial charge in [-0.1, -0.05) is 76.8 Å². The first kappa shape index (κ1) is 21.5. The summed E-state index contributed by atoms with van der Waals surface area (Å²) in [5.41, 5.74) is 0.425. The third-order valence-corrected chi connectivity index (χ3v) is 4.59. The lowest BCUT2D eigenvalue weighted by Crippen LogP contribution is -2.23. The highest BCUT2D eigenvalue weighted by molar-refractivity contribution is 6.64. The summed E-state index contributed by atoms with van der Waals surface area (Å²) in [7, 11) is 0. The van der Waals surface area contributed by atoms with Crippen LogP contribution in [-0.4, -0.2) is 11.3 Å². The molecule has 0 aliphatic carbocycles. The van der Waals surface area contributed by atoms with E-state index in [1.54, 1.807) is 24.3 Å². The zero-order valence-electron chi connectivity index (χ0n) is 15.3. The molecule has 0 spiro atoms. The lowest BCUT2D eigenvalue weighted by molar-refractivity contribution is -0.118. The van der Waals surface area contributed by atoms with Crippen molar-refractivity contribution >= 4 is 16.8 Å². The van der Waals surface area contributed by atoms with Crippen molar-refractivity contribution in [2.45, 2.75) is 83.7 Å². The summed E-state index contributed by atoms with van der Waals surface area (Å²) in [6.45, 7) is 2.24. The molecule has 0 bridgehead atoms. The molecule has 0 amide bonds. The van der Waals surface area contributed by atoms with Crippen molar-refractivity contribution in [3.63, 3.8) is 0 Å². The lowest BCUT2D eigenvalue weighted by atomic mass is 10.0. The van der Waals surface area contributed by atoms with Gasteiger partial charge in [-0.15, -0.1) is 0 Å². The minimum Gasteiger partial charge on any atom is -0.480 e. The van der Waals surface area contributed by atoms with Crippen molar-refractivity contribution in [3.8, 4) is 11.8 Å². The van der Waals surface area contributed by atoms with Gasteiger partial charge < -0.3 is 4.74 Å². The normalized spacial score (nSPS) is 11.7. The van der Waals surface area contributed by atoms with Crippen LogP contribution in [0.1, 0.15) is 83.1 Å². The van der Waals surface area contributed by atoms with Crippen LogP contribution in [0.4, 0.5) is 0 Å². The molecule has 25 heavy (non-hydrogen) atoms. The molecule has 1 unspecified atom stereocenters. The minimum absolute atomic E-state index is 0.425. The molecule has 0 fully saturated rings. The van der Waals surface area contributed by atoms with Crippen molar-refractivity contribution < 1.29 is 9.53 Å². The fourth-order valence-electron chi connectivity index (χ4n) is 2.85. The predicted molar refractivity (Wildman–Crippen MR) is 103 cm³/mol. The van der Waals surface area contributed by atoms with Crippen LogP contribution in [0.5, 0.6) is 5.75 Å². The van der Waals surface area contributed by atoms with Gasteiger partial charge in [0.1, 0.15) is 11.8 Å². The number of carbonyl (C=O) groups is 1. The van der Waals surface area contributed by atoms with E-state index in [1.807, 2.05) is 0 Å². The molecule has 4 heteroatoms. The van der Waals surface area contributed by atoms with E-state index >= 15 is 0 Å². The Kier molecular flexibility index (Phi) is 11.8. The average Bonchev–Trinajstić information content (AvgIpc) is 2.62. The van der Waals surface area contributed by atoms with Gasteiger partial charge in [0.05, 0.1) is 5.56 Å². The molecule has 1 aromatic carbocycles. The Labute approximate surface area is 157 Å². The van der Waals surface area contributed by atoms with Gasteiger partial charge >= 0.3 is 0 Å². The van der Waals surface area contributed by atoms with Gasteiger partial charge in [-0.2, -0.15) is 5.26 Å². The van der Waals surface area contributed by atoms with Gasteiger partial charge in [0, 0.05) is 0 Å². The second-order valence-electron chi connectivity index (χ2n) is 6.49. The summed E-state index contributed by atoms with van der Waals surface area (Å²) in [4.78, 5) is 11.6. The lowest BCUT2D eigenvalue weighted by Gasteiger charge is -2.16. The number of rotatable bonds is 14. The van der Waals surface area contributed by atoms with Crippen LogP contribution in [0.25, 0.3) is 0 Å². The largest absolute Gasteiger partial charge is 0.480 e. The molecule has 1 rings (SSSR count). The fraction of sp³-hybridized carbons (Fsp3) is 0.619. The molecular weight excluding hydrogens is 334 g/mol. The van der Waals surface area contributed by atoms with Gasteiger partial charge in [0.25, 0.3) is 5.24 Å². The third-order valence-electron chi connectivity index (χ3n) is 4.35. The van der Waals surface area contributed by atoms with Gasteiger partial charge in [0.2, 0.25) is 0 Å². The van der Waals surface area contributed by atoms with Crippen LogP contribution >= 0.6 is 11.6 Å². The van der Waals surface area contributed by atoms with Crippen LogP contribution in [0, 0.1) is 11.3 Å². The van der Waals surface area contributed by atoms with Crippen LogP contribution < -0.4 is 4.74 Å². The molecular formula is C21H30ClNO2. The topological polar surface area (TPSA) is 50.1 Å². The molecule has 0 saturated heterocycles. The zero-order valence-corrected chi connectivity index (χ0v) is 16.1. The first-order valence-corrected chi connectivity index (χ1v) is 9.92. The number of carbonyl (C=O) groups excluding carboxylic acids is 1. The van der Waals surface area contributed by atoms with E-state index in [4.69, 9.17) is 21.6 Å². The van der Waals surface area contributed by atoms with E-state index in [-0.39, 0.29) is 0 Å². The zero-order chi connectivity index (χ0) is 18.3. The maximum absolute atomic E-state index is 11.6. The Bertz CT molecular complexity index is 539. The molecule has 0 heterocycles. The standard InChI is InChI=1S/C21H30ClNO2/c1-2-3-4-5-6-7-8-9-10-11-16-20(21(22)24)25-19-15-13-12-14-18(19)17-23/h12-15,20H,2-11,16H2,1H3. The average molecular weight is 364 g/mol. The van der Waals surface area contributed by atoms with Gasteiger partial charge in [-0.25, -0.2) is 0 Å². The maximum atomic E-state index is 11.6. The predicted octanol–water partition coefficient (Wildman–Crippen LogP) is 6.38. The summed E-state index contributed by atoms with van der Waals surface area (Å²) in [5, 5.41) is 8.59. The SMILES string of the molecule is CCCCCCCCCCCCC(Oc1ccccc1C#N)C(=O)Cl. The number of halogens is 1. The number of benzene rings is 1. The first-order chi connectivity index (χ1) is 12.2. The number of hydrogen-bond donors (Lipinski definition) is 0. The Hall–Kier alpha value is -1.53. The Morgan fingerprint density at radius 2 is 1.60 bits per heavy atom. The van der Waals surface area contributed by atoms with E-state index in [2.05, 4.69) is 13.0 Å². The summed E-state index contributed by atoms with van der Waals surface area (Å²) < 4.78 is 5.68. The Morgan fingerprint density at radius 1 is 1.04 bits per heavy atom. The van der Waals surface area contributed by atoms with E-state index in [1.165, 1.54) is 51.4 Å². The summed E-state index contributed by atoms with van der Waals surface area (Å²) in [5.74, 6) is 0.427. The Morgan fingerprint density at radius 3 is 2.16 bits per heavy atom. The third kappa shape index (κ3) is 9.51. The maximum Gasteiger partial charge on any atom is 0.262 e. The van der Waals surface area contributed by atoms with Crippen molar-refractivity contribution in [1.82, 2.24) is 0 Å². The second-order valence-corrected chi connectivity index (χ2v) is 6.86. The van der Waals surface area contributed by atoms with Crippen LogP contribution in [0.15, 0.2) is 24.3 Å². The highest BCUT2D eigenvalue weighted by atomic mass is 35.5. The number of para-hydroxylation sites is 1. The number of unbranched alkanes of at least 4 members (excludes halogenated alkanes) is 9. The van der Waals surface area contributed by atoms with E-state index < -0.39 is 11.3 Å². The highest BCUT2D eigenvalue weighted by Crippen LogP contribution is 2.21. The van der Waals surface area contributed by atoms with Crippen molar-refractivity contribution in [3.05, 3.63) is 29.8 Å². The summed E-state index contributed by atoms with van der Waals surface area (Å²) in [6.07, 6.45) is 12.3. The minimum atomic E-state index is -0.676. The van der Waals surface area contributed by atoms with Gasteiger partial charge in [-0.05, 0) is 36.6 Å². The summed E-state index contributed by atoms with van der Waals surface area (Å²) >= 11 is 5.67. The van der Waals surface area contributed by atoms with Crippen LogP contribution in [-0.2, 0) is 4.79 Å². The van der Waals surface area contributed by atoms with Crippen LogP contribution in [0.3, 0.4) is 0 Å². The number of nitrogens with zero attached hydrogens (tertiary/aromatic N) is 1. The van der Waals surface area contributed by atoms with E-state index in [0.29, 0.717) is 17.7 Å². The quantitative estimate of drug-likeness (QED) is 0.284. The number of hydrogen-bond acceptors (Lipinski definition) is 3. The molecule has 3 nitrogen and oxygen atoms in total. The second kappa shape index (κ2) is 13.7. The molecule has 0 aliphatic heterocycles. The molecule has 1 aromatic rings. The highest BCUT2D eigenvalue weighted by Gasteiger charge is 2.19. The smallest absolute Gasteiger partial charge is 0.262 e. The molecule has 0 aliphatic rings. The van der Waals surface area contributed by atoms with Gasteiger partial charge in [-0.3, -0.25) is 4.79 Å². The van der Waals surface area contributed by atoms with E-state index in [9.17, 15) is 4.79 Å². The van der Waals surface area contributed by atoms with Gasteiger partial charge in [0.15, 0.2) is 6.10 Å². The monoisotopic (exact) mass is 363 g/mol. The Balaban J connectivity index is 2.22. The molecule has 0 saturated carbocycles. The van der Waals surface area contributed by atoms with Crippen molar-refractivity contribution in [2.24, 2.45) is 0 Å². The molecule has 138 valence electrons. The fourth-order valence-corrected chi connectivity index (χ4v) is 3.00. The number of ether oxygens (including phenoxy) is 1. The van der Waals surface area contributed by atoms with Crippen LogP contribution in [0.2, 0.25) is 0 Å². The summed E-state index contributed by atoms with van der Waals surface area (Å²) in [6, 6.07) is 8.99. The van der Waals surface area contributed by atoms with Crippen molar-refractivity contribution in [1.29, 1.82) is 5.26 Å². The van der Waals surface area contributed by atoms with Crippen molar-refractivity contribution in [2.75, 3.05) is 0 Å². The number of nitriles is 1. The molecule has 1 atom stereocenters. The van der Waals surface area contributed by atoms with E-state index in [0.717, 1.165) is 12.8 Å².